The van der Waals surface area contributed by atoms with Crippen molar-refractivity contribution >= 4 is 23.4 Å². The van der Waals surface area contributed by atoms with Crippen molar-refractivity contribution in [1.82, 2.24) is 10.2 Å². The zero-order valence-electron chi connectivity index (χ0n) is 17.5. The van der Waals surface area contributed by atoms with Gasteiger partial charge in [0.1, 0.15) is 5.25 Å². The number of rotatable bonds is 8. The van der Waals surface area contributed by atoms with E-state index in [0.717, 1.165) is 10.5 Å². The molecule has 0 aliphatic heterocycles. The van der Waals surface area contributed by atoms with Gasteiger partial charge in [-0.15, -0.1) is 22.0 Å². The molecule has 0 spiro atoms. The van der Waals surface area contributed by atoms with Gasteiger partial charge in [0, 0.05) is 22.6 Å². The maximum atomic E-state index is 13.1. The molecule has 0 amide bonds. The van der Waals surface area contributed by atoms with E-state index in [2.05, 4.69) is 10.2 Å². The lowest BCUT2D eigenvalue weighted by molar-refractivity contribution is -0.384. The molecule has 0 saturated heterocycles. The van der Waals surface area contributed by atoms with Crippen LogP contribution in [0.25, 0.3) is 11.5 Å². The van der Waals surface area contributed by atoms with Crippen molar-refractivity contribution < 1.29 is 18.9 Å². The monoisotopic (exact) mass is 461 g/mol. The smallest absolute Gasteiger partial charge is 0.324 e. The number of non-ortho nitro benzene ring substituents is 1. The highest BCUT2D eigenvalue weighted by Gasteiger charge is 2.27. The number of carbonyl (C=O) groups is 1. The summed E-state index contributed by atoms with van der Waals surface area (Å²) in [7, 11) is 0. The third-order valence-electron chi connectivity index (χ3n) is 4.72. The molecule has 166 valence electrons. The lowest BCUT2D eigenvalue weighted by Crippen LogP contribution is -2.16. The van der Waals surface area contributed by atoms with E-state index in [1.54, 1.807) is 6.92 Å². The first-order valence-electron chi connectivity index (χ1n) is 10.1. The second-order valence-corrected chi connectivity index (χ2v) is 8.23. The van der Waals surface area contributed by atoms with Crippen molar-refractivity contribution in [2.75, 3.05) is 0 Å². The first-order valence-corrected chi connectivity index (χ1v) is 10.9. The number of nitrogens with zero attached hydrogens (tertiary/aromatic N) is 3. The number of esters is 1. The van der Waals surface area contributed by atoms with Crippen LogP contribution in [0.5, 0.6) is 0 Å². The number of carbonyl (C=O) groups excluding carboxylic acids is 1. The minimum atomic E-state index is -0.778. The number of thioether (sulfide) groups is 1. The number of aromatic nitrogens is 2. The maximum absolute atomic E-state index is 13.1. The summed E-state index contributed by atoms with van der Waals surface area (Å²) in [6, 6.07) is 24.8. The summed E-state index contributed by atoms with van der Waals surface area (Å²) < 4.78 is 11.3. The SMILES string of the molecule is CC(OC(=O)C(Sc1ccccc1)c1ccccc1)c1nnc(-c2ccc([N+](=O)[O-])cc2)o1. The molecule has 4 rings (SSSR count). The van der Waals surface area contributed by atoms with Crippen LogP contribution >= 0.6 is 11.8 Å². The highest BCUT2D eigenvalue weighted by atomic mass is 32.2. The van der Waals surface area contributed by atoms with Gasteiger partial charge in [-0.2, -0.15) is 0 Å². The molecule has 2 unspecified atom stereocenters. The van der Waals surface area contributed by atoms with Crippen molar-refractivity contribution in [2.24, 2.45) is 0 Å². The molecule has 3 aromatic carbocycles. The second-order valence-electron chi connectivity index (χ2n) is 7.05. The van der Waals surface area contributed by atoms with Gasteiger partial charge < -0.3 is 9.15 Å². The summed E-state index contributed by atoms with van der Waals surface area (Å²) in [5, 5.41) is 18.2. The number of ether oxygens (including phenoxy) is 1. The van der Waals surface area contributed by atoms with E-state index in [9.17, 15) is 14.9 Å². The fourth-order valence-corrected chi connectivity index (χ4v) is 4.07. The van der Waals surface area contributed by atoms with Crippen LogP contribution in [0.2, 0.25) is 0 Å². The van der Waals surface area contributed by atoms with Gasteiger partial charge in [-0.1, -0.05) is 48.5 Å². The van der Waals surface area contributed by atoms with Gasteiger partial charge in [-0.25, -0.2) is 0 Å². The molecule has 1 aromatic heterocycles. The summed E-state index contributed by atoms with van der Waals surface area (Å²) in [6.07, 6.45) is -0.778. The van der Waals surface area contributed by atoms with Gasteiger partial charge in [0.15, 0.2) is 6.10 Å². The highest BCUT2D eigenvalue weighted by Crippen LogP contribution is 2.37. The first-order chi connectivity index (χ1) is 16.0. The number of hydrogen-bond donors (Lipinski definition) is 0. The minimum Gasteiger partial charge on any atom is -0.451 e. The van der Waals surface area contributed by atoms with Crippen LogP contribution in [0, 0.1) is 10.1 Å². The Morgan fingerprint density at radius 1 is 0.970 bits per heavy atom. The third kappa shape index (κ3) is 5.45. The van der Waals surface area contributed by atoms with E-state index in [-0.39, 0.29) is 17.5 Å². The van der Waals surface area contributed by atoms with Gasteiger partial charge in [0.25, 0.3) is 11.6 Å². The lowest BCUT2D eigenvalue weighted by atomic mass is 10.1. The Kier molecular flexibility index (Phi) is 6.80. The normalized spacial score (nSPS) is 12.6. The number of hydrogen-bond acceptors (Lipinski definition) is 8. The quantitative estimate of drug-likeness (QED) is 0.141. The first kappa shape index (κ1) is 22.2. The van der Waals surface area contributed by atoms with Crippen LogP contribution < -0.4 is 0 Å². The Labute approximate surface area is 193 Å². The standard InChI is InChI=1S/C24H19N3O5S/c1-16(22-25-26-23(32-22)18-12-14-19(15-13-18)27(29)30)31-24(28)21(17-8-4-2-5-9-17)33-20-10-6-3-7-11-20/h2-16,21H,1H3. The van der Waals surface area contributed by atoms with Crippen LogP contribution in [-0.4, -0.2) is 21.1 Å². The molecule has 0 aliphatic rings. The van der Waals surface area contributed by atoms with Crippen LogP contribution in [0.4, 0.5) is 5.69 Å². The Balaban J connectivity index is 1.49. The molecule has 0 N–H and O–H groups in total. The van der Waals surface area contributed by atoms with Crippen molar-refractivity contribution in [3.8, 4) is 11.5 Å². The molecule has 0 fully saturated rings. The fourth-order valence-electron chi connectivity index (χ4n) is 3.04. The molecule has 33 heavy (non-hydrogen) atoms. The largest absolute Gasteiger partial charge is 0.451 e. The summed E-state index contributed by atoms with van der Waals surface area (Å²) in [5.74, 6) is -0.119. The molecule has 0 aliphatic carbocycles. The topological polar surface area (TPSA) is 108 Å². The van der Waals surface area contributed by atoms with Crippen molar-refractivity contribution in [3.63, 3.8) is 0 Å². The average Bonchev–Trinajstić information content (AvgIpc) is 3.34. The van der Waals surface area contributed by atoms with Crippen molar-refractivity contribution in [2.45, 2.75) is 23.2 Å². The third-order valence-corrected chi connectivity index (χ3v) is 5.96. The summed E-state index contributed by atoms with van der Waals surface area (Å²) in [6.45, 7) is 1.65. The Morgan fingerprint density at radius 2 is 1.61 bits per heavy atom. The molecular weight excluding hydrogens is 442 g/mol. The van der Waals surface area contributed by atoms with Gasteiger partial charge >= 0.3 is 5.97 Å². The van der Waals surface area contributed by atoms with E-state index in [1.807, 2.05) is 60.7 Å². The Bertz CT molecular complexity index is 1230. The van der Waals surface area contributed by atoms with Crippen LogP contribution in [0.3, 0.4) is 0 Å². The van der Waals surface area contributed by atoms with Gasteiger partial charge in [-0.3, -0.25) is 14.9 Å². The molecule has 1 heterocycles. The van der Waals surface area contributed by atoms with Crippen LogP contribution in [-0.2, 0) is 9.53 Å². The molecule has 0 saturated carbocycles. The Morgan fingerprint density at radius 3 is 2.24 bits per heavy atom. The predicted molar refractivity (Wildman–Crippen MR) is 122 cm³/mol. The van der Waals surface area contributed by atoms with E-state index in [0.29, 0.717) is 5.56 Å². The van der Waals surface area contributed by atoms with Gasteiger partial charge in [0.05, 0.1) is 4.92 Å². The zero-order chi connectivity index (χ0) is 23.2. The molecule has 9 heteroatoms. The minimum absolute atomic E-state index is 0.0383. The molecule has 0 radical (unpaired) electrons. The summed E-state index contributed by atoms with van der Waals surface area (Å²) in [4.78, 5) is 24.4. The number of benzene rings is 3. The number of nitro benzene ring substituents is 1. The molecule has 0 bridgehead atoms. The predicted octanol–water partition coefficient (Wildman–Crippen LogP) is 5.78. The van der Waals surface area contributed by atoms with Crippen LogP contribution in [0.15, 0.2) is 94.2 Å². The average molecular weight is 461 g/mol. The molecule has 8 nitrogen and oxygen atoms in total. The van der Waals surface area contributed by atoms with E-state index >= 15 is 0 Å². The maximum Gasteiger partial charge on any atom is 0.324 e. The van der Waals surface area contributed by atoms with Gasteiger partial charge in [0.2, 0.25) is 5.89 Å². The molecule has 2 atom stereocenters. The molecule has 4 aromatic rings. The molecular formula is C24H19N3O5S. The Hall–Kier alpha value is -3.98. The van der Waals surface area contributed by atoms with Gasteiger partial charge in [-0.05, 0) is 36.8 Å². The van der Waals surface area contributed by atoms with E-state index in [4.69, 9.17) is 9.15 Å². The fraction of sp³-hybridized carbons (Fsp3) is 0.125. The van der Waals surface area contributed by atoms with Crippen molar-refractivity contribution in [1.29, 1.82) is 0 Å². The van der Waals surface area contributed by atoms with E-state index < -0.39 is 22.2 Å². The van der Waals surface area contributed by atoms with E-state index in [1.165, 1.54) is 36.0 Å². The lowest BCUT2D eigenvalue weighted by Gasteiger charge is -2.18. The van der Waals surface area contributed by atoms with Crippen LogP contribution in [0.1, 0.15) is 29.7 Å². The van der Waals surface area contributed by atoms with Crippen molar-refractivity contribution in [3.05, 3.63) is 106 Å². The highest BCUT2D eigenvalue weighted by molar-refractivity contribution is 8.00. The summed E-state index contributed by atoms with van der Waals surface area (Å²) in [5.41, 5.74) is 1.31. The second kappa shape index (κ2) is 10.1. The number of nitro groups is 1. The zero-order valence-corrected chi connectivity index (χ0v) is 18.3. The summed E-state index contributed by atoms with van der Waals surface area (Å²) >= 11 is 1.40.